The van der Waals surface area contributed by atoms with Gasteiger partial charge in [0.25, 0.3) is 0 Å². The van der Waals surface area contributed by atoms with Gasteiger partial charge in [-0.25, -0.2) is 0 Å². The number of ketones is 1. The molecule has 1 aliphatic carbocycles. The molecular formula is C14H19NO2. The molecule has 0 saturated heterocycles. The number of Topliss-reactive ketones (excluding diaryl/α,β-unsaturated/α-hetero) is 1. The molecule has 1 fully saturated rings. The standard InChI is InChI=1S/C14H19NO2/c1-10(9-15)8-14(16)11-2-4-12(5-3-11)17-13-6-7-13/h2-5,10,13H,6-9,15H2,1H3. The van der Waals surface area contributed by atoms with Gasteiger partial charge in [0.15, 0.2) is 5.78 Å². The third-order valence-electron chi connectivity index (χ3n) is 2.94. The van der Waals surface area contributed by atoms with Crippen LogP contribution in [-0.2, 0) is 0 Å². The van der Waals surface area contributed by atoms with Gasteiger partial charge in [-0.05, 0) is 49.6 Å². The minimum Gasteiger partial charge on any atom is -0.490 e. The normalized spacial score (nSPS) is 16.6. The highest BCUT2D eigenvalue weighted by atomic mass is 16.5. The number of rotatable bonds is 6. The van der Waals surface area contributed by atoms with Crippen molar-refractivity contribution >= 4 is 5.78 Å². The van der Waals surface area contributed by atoms with Crippen molar-refractivity contribution in [1.82, 2.24) is 0 Å². The summed E-state index contributed by atoms with van der Waals surface area (Å²) in [6.07, 6.45) is 3.21. The number of carbonyl (C=O) groups excluding carboxylic acids is 1. The maximum absolute atomic E-state index is 11.9. The highest BCUT2D eigenvalue weighted by Crippen LogP contribution is 2.26. The van der Waals surface area contributed by atoms with E-state index in [0.29, 0.717) is 19.1 Å². The van der Waals surface area contributed by atoms with Gasteiger partial charge in [-0.1, -0.05) is 6.92 Å². The summed E-state index contributed by atoms with van der Waals surface area (Å²) in [5.74, 6) is 1.25. The predicted octanol–water partition coefficient (Wildman–Crippen LogP) is 2.40. The van der Waals surface area contributed by atoms with Gasteiger partial charge < -0.3 is 10.5 Å². The summed E-state index contributed by atoms with van der Waals surface area (Å²) in [6.45, 7) is 2.54. The SMILES string of the molecule is CC(CN)CC(=O)c1ccc(OC2CC2)cc1. The summed E-state index contributed by atoms with van der Waals surface area (Å²) in [5.41, 5.74) is 6.26. The summed E-state index contributed by atoms with van der Waals surface area (Å²) in [6, 6.07) is 7.42. The fourth-order valence-corrected chi connectivity index (χ4v) is 1.62. The van der Waals surface area contributed by atoms with Gasteiger partial charge in [0, 0.05) is 12.0 Å². The lowest BCUT2D eigenvalue weighted by Crippen LogP contribution is -2.15. The Hall–Kier alpha value is -1.35. The van der Waals surface area contributed by atoms with Gasteiger partial charge in [0.1, 0.15) is 5.75 Å². The van der Waals surface area contributed by atoms with Crippen LogP contribution in [0, 0.1) is 5.92 Å². The molecule has 1 aliphatic rings. The van der Waals surface area contributed by atoms with Crippen molar-refractivity contribution < 1.29 is 9.53 Å². The molecular weight excluding hydrogens is 214 g/mol. The molecule has 0 aliphatic heterocycles. The van der Waals surface area contributed by atoms with Crippen LogP contribution < -0.4 is 10.5 Å². The topological polar surface area (TPSA) is 52.3 Å². The Bertz CT molecular complexity index is 382. The quantitative estimate of drug-likeness (QED) is 0.767. The van der Waals surface area contributed by atoms with Crippen LogP contribution in [0.1, 0.15) is 36.5 Å². The van der Waals surface area contributed by atoms with Gasteiger partial charge in [0.05, 0.1) is 6.10 Å². The molecule has 2 rings (SSSR count). The smallest absolute Gasteiger partial charge is 0.163 e. The summed E-state index contributed by atoms with van der Waals surface area (Å²) < 4.78 is 5.63. The van der Waals surface area contributed by atoms with Gasteiger partial charge in [-0.3, -0.25) is 4.79 Å². The van der Waals surface area contributed by atoms with Crippen LogP contribution in [-0.4, -0.2) is 18.4 Å². The van der Waals surface area contributed by atoms with Crippen molar-refractivity contribution in [2.24, 2.45) is 11.7 Å². The lowest BCUT2D eigenvalue weighted by molar-refractivity contribution is 0.0966. The van der Waals surface area contributed by atoms with Gasteiger partial charge in [-0.15, -0.1) is 0 Å². The third-order valence-corrected chi connectivity index (χ3v) is 2.94. The molecule has 1 aromatic carbocycles. The monoisotopic (exact) mass is 233 g/mol. The van der Waals surface area contributed by atoms with E-state index in [9.17, 15) is 4.79 Å². The molecule has 0 spiro atoms. The Kier molecular flexibility index (Phi) is 3.79. The summed E-state index contributed by atoms with van der Waals surface area (Å²) in [5, 5.41) is 0. The Balaban J connectivity index is 1.93. The van der Waals surface area contributed by atoms with E-state index in [-0.39, 0.29) is 11.7 Å². The zero-order chi connectivity index (χ0) is 12.3. The maximum atomic E-state index is 11.9. The lowest BCUT2D eigenvalue weighted by atomic mass is 10.00. The summed E-state index contributed by atoms with van der Waals surface area (Å²) in [7, 11) is 0. The number of hydrogen-bond acceptors (Lipinski definition) is 3. The molecule has 0 radical (unpaired) electrons. The molecule has 2 N–H and O–H groups in total. The van der Waals surface area contributed by atoms with Crippen LogP contribution in [0.5, 0.6) is 5.75 Å². The van der Waals surface area contributed by atoms with Crippen LogP contribution in [0.2, 0.25) is 0 Å². The maximum Gasteiger partial charge on any atom is 0.163 e. The summed E-state index contributed by atoms with van der Waals surface area (Å²) >= 11 is 0. The zero-order valence-corrected chi connectivity index (χ0v) is 10.2. The first kappa shape index (κ1) is 12.1. The van der Waals surface area contributed by atoms with E-state index in [4.69, 9.17) is 10.5 Å². The van der Waals surface area contributed by atoms with Gasteiger partial charge in [0.2, 0.25) is 0 Å². The zero-order valence-electron chi connectivity index (χ0n) is 10.2. The average Bonchev–Trinajstić information content (AvgIpc) is 3.13. The van der Waals surface area contributed by atoms with E-state index in [1.54, 1.807) is 0 Å². The molecule has 0 amide bonds. The molecule has 17 heavy (non-hydrogen) atoms. The van der Waals surface area contributed by atoms with Crippen molar-refractivity contribution in [3.8, 4) is 5.75 Å². The van der Waals surface area contributed by atoms with Crippen LogP contribution in [0.15, 0.2) is 24.3 Å². The Morgan fingerprint density at radius 2 is 2.06 bits per heavy atom. The van der Waals surface area contributed by atoms with E-state index in [1.807, 2.05) is 31.2 Å². The number of carbonyl (C=O) groups is 1. The highest BCUT2D eigenvalue weighted by molar-refractivity contribution is 5.96. The second-order valence-electron chi connectivity index (χ2n) is 4.81. The molecule has 0 aromatic heterocycles. The van der Waals surface area contributed by atoms with E-state index in [0.717, 1.165) is 24.2 Å². The van der Waals surface area contributed by atoms with Gasteiger partial charge in [-0.2, -0.15) is 0 Å². The molecule has 0 heterocycles. The van der Waals surface area contributed by atoms with E-state index in [2.05, 4.69) is 0 Å². The number of hydrogen-bond donors (Lipinski definition) is 1. The van der Waals surface area contributed by atoms with Crippen LogP contribution >= 0.6 is 0 Å². The highest BCUT2D eigenvalue weighted by Gasteiger charge is 2.23. The minimum atomic E-state index is 0.154. The molecule has 1 atom stereocenters. The molecule has 3 nitrogen and oxygen atoms in total. The van der Waals surface area contributed by atoms with Crippen LogP contribution in [0.3, 0.4) is 0 Å². The molecule has 3 heteroatoms. The molecule has 0 bridgehead atoms. The second-order valence-corrected chi connectivity index (χ2v) is 4.81. The van der Waals surface area contributed by atoms with E-state index < -0.39 is 0 Å². The van der Waals surface area contributed by atoms with Crippen molar-refractivity contribution in [2.75, 3.05) is 6.54 Å². The third kappa shape index (κ3) is 3.56. The van der Waals surface area contributed by atoms with Crippen LogP contribution in [0.25, 0.3) is 0 Å². The molecule has 1 unspecified atom stereocenters. The minimum absolute atomic E-state index is 0.154. The number of benzene rings is 1. The molecule has 1 saturated carbocycles. The van der Waals surface area contributed by atoms with E-state index >= 15 is 0 Å². The Morgan fingerprint density at radius 1 is 1.41 bits per heavy atom. The summed E-state index contributed by atoms with van der Waals surface area (Å²) in [4.78, 5) is 11.9. The molecule has 92 valence electrons. The van der Waals surface area contributed by atoms with Crippen molar-refractivity contribution in [3.05, 3.63) is 29.8 Å². The fraction of sp³-hybridized carbons (Fsp3) is 0.500. The van der Waals surface area contributed by atoms with Crippen molar-refractivity contribution in [3.63, 3.8) is 0 Å². The van der Waals surface area contributed by atoms with Crippen LogP contribution in [0.4, 0.5) is 0 Å². The first-order valence-corrected chi connectivity index (χ1v) is 6.19. The van der Waals surface area contributed by atoms with Crippen molar-refractivity contribution in [2.45, 2.75) is 32.3 Å². The molecule has 1 aromatic rings. The second kappa shape index (κ2) is 5.32. The van der Waals surface area contributed by atoms with Crippen molar-refractivity contribution in [1.29, 1.82) is 0 Å². The fourth-order valence-electron chi connectivity index (χ4n) is 1.62. The number of nitrogens with two attached hydrogens (primary N) is 1. The predicted molar refractivity (Wildman–Crippen MR) is 67.3 cm³/mol. The first-order valence-electron chi connectivity index (χ1n) is 6.19. The largest absolute Gasteiger partial charge is 0.490 e. The number of ether oxygens (including phenoxy) is 1. The van der Waals surface area contributed by atoms with Gasteiger partial charge >= 0.3 is 0 Å². The Morgan fingerprint density at radius 3 is 2.59 bits per heavy atom. The average molecular weight is 233 g/mol. The first-order chi connectivity index (χ1) is 8.19. The van der Waals surface area contributed by atoms with E-state index in [1.165, 1.54) is 0 Å². The Labute approximate surface area is 102 Å². The lowest BCUT2D eigenvalue weighted by Gasteiger charge is -2.08.